The number of hydrogen-bond donors (Lipinski definition) is 3. The first-order valence-electron chi connectivity index (χ1n) is 8.99. The fourth-order valence-corrected chi connectivity index (χ4v) is 3.43. The minimum absolute atomic E-state index is 0.0468. The van der Waals surface area contributed by atoms with Gasteiger partial charge in [-0.05, 0) is 44.5 Å². The van der Waals surface area contributed by atoms with Gasteiger partial charge in [0.05, 0.1) is 18.3 Å². The van der Waals surface area contributed by atoms with Crippen LogP contribution in [0.3, 0.4) is 0 Å². The second kappa shape index (κ2) is 7.74. The third kappa shape index (κ3) is 3.96. The van der Waals surface area contributed by atoms with Gasteiger partial charge < -0.3 is 15.7 Å². The molecule has 3 rings (SSSR count). The van der Waals surface area contributed by atoms with E-state index in [4.69, 9.17) is 5.11 Å². The fraction of sp³-hybridized carbons (Fsp3) is 0.500. The quantitative estimate of drug-likeness (QED) is 0.703. The summed E-state index contributed by atoms with van der Waals surface area (Å²) in [6.07, 6.45) is 3.36. The Hall–Kier alpha value is -2.61. The first-order chi connectivity index (χ1) is 12.5. The van der Waals surface area contributed by atoms with Gasteiger partial charge in [0, 0.05) is 29.7 Å². The zero-order valence-corrected chi connectivity index (χ0v) is 15.1. The van der Waals surface area contributed by atoms with Crippen molar-refractivity contribution in [1.29, 1.82) is 0 Å². The molecule has 8 heteroatoms. The van der Waals surface area contributed by atoms with E-state index in [9.17, 15) is 9.59 Å². The maximum absolute atomic E-state index is 12.2. The topological polar surface area (TPSA) is 99.5 Å². The summed E-state index contributed by atoms with van der Waals surface area (Å²) < 4.78 is 1.89. The summed E-state index contributed by atoms with van der Waals surface area (Å²) >= 11 is 0. The minimum Gasteiger partial charge on any atom is -0.480 e. The number of hydrogen-bond acceptors (Lipinski definition) is 4. The SMILES string of the molecule is CCN(CC(=O)O)C1CC(NC(=O)Nc2ccc3cnn(CC)c3c2)C1. The molecule has 140 valence electrons. The normalized spacial score (nSPS) is 19.3. The standard InChI is InChI=1S/C18H25N5O3/c1-3-22(11-17(24)25)15-7-14(8-15)21-18(26)20-13-6-5-12-10-19-23(4-2)16(12)9-13/h5-6,9-10,14-15H,3-4,7-8,11H2,1-2H3,(H,24,25)(H2,20,21,26). The summed E-state index contributed by atoms with van der Waals surface area (Å²) in [6.45, 7) is 5.49. The number of benzene rings is 1. The number of urea groups is 1. The molecule has 1 fully saturated rings. The van der Waals surface area contributed by atoms with E-state index < -0.39 is 5.97 Å². The van der Waals surface area contributed by atoms with Crippen LogP contribution in [0.1, 0.15) is 26.7 Å². The fourth-order valence-electron chi connectivity index (χ4n) is 3.43. The lowest BCUT2D eigenvalue weighted by Crippen LogP contribution is -2.55. The van der Waals surface area contributed by atoms with Crippen LogP contribution in [0.5, 0.6) is 0 Å². The first kappa shape index (κ1) is 18.2. The number of carboxylic acid groups (broad SMARTS) is 1. The van der Waals surface area contributed by atoms with Crippen LogP contribution in [-0.2, 0) is 11.3 Å². The highest BCUT2D eigenvalue weighted by molar-refractivity contribution is 5.92. The van der Waals surface area contributed by atoms with Gasteiger partial charge in [-0.3, -0.25) is 14.4 Å². The highest BCUT2D eigenvalue weighted by Gasteiger charge is 2.34. The average molecular weight is 359 g/mol. The number of carbonyl (C=O) groups excluding carboxylic acids is 1. The highest BCUT2D eigenvalue weighted by Crippen LogP contribution is 2.26. The van der Waals surface area contributed by atoms with Crippen molar-refractivity contribution in [3.8, 4) is 0 Å². The number of rotatable bonds is 7. The highest BCUT2D eigenvalue weighted by atomic mass is 16.4. The van der Waals surface area contributed by atoms with Crippen molar-refractivity contribution in [2.45, 2.75) is 45.3 Å². The number of carbonyl (C=O) groups is 2. The van der Waals surface area contributed by atoms with E-state index in [0.717, 1.165) is 36.0 Å². The Balaban J connectivity index is 1.51. The number of aryl methyl sites for hydroxylation is 1. The van der Waals surface area contributed by atoms with Crippen molar-refractivity contribution in [1.82, 2.24) is 20.0 Å². The lowest BCUT2D eigenvalue weighted by molar-refractivity contribution is -0.139. The Morgan fingerprint density at radius 3 is 2.77 bits per heavy atom. The van der Waals surface area contributed by atoms with Crippen LogP contribution >= 0.6 is 0 Å². The number of likely N-dealkylation sites (N-methyl/N-ethyl adjacent to an activating group) is 1. The molecule has 0 unspecified atom stereocenters. The Morgan fingerprint density at radius 1 is 1.35 bits per heavy atom. The number of aliphatic carboxylic acids is 1. The van der Waals surface area contributed by atoms with E-state index in [1.54, 1.807) is 0 Å². The zero-order chi connectivity index (χ0) is 18.7. The predicted octanol–water partition coefficient (Wildman–Crippen LogP) is 2.12. The molecule has 0 atom stereocenters. The van der Waals surface area contributed by atoms with Crippen molar-refractivity contribution in [3.05, 3.63) is 24.4 Å². The molecule has 1 aromatic carbocycles. The molecule has 0 spiro atoms. The van der Waals surface area contributed by atoms with Gasteiger partial charge in [-0.25, -0.2) is 4.79 Å². The zero-order valence-electron chi connectivity index (χ0n) is 15.1. The van der Waals surface area contributed by atoms with Crippen LogP contribution in [0, 0.1) is 0 Å². The molecule has 3 N–H and O–H groups in total. The molecular weight excluding hydrogens is 334 g/mol. The molecule has 26 heavy (non-hydrogen) atoms. The summed E-state index contributed by atoms with van der Waals surface area (Å²) in [5, 5.41) is 20.1. The number of aromatic nitrogens is 2. The Bertz CT molecular complexity index is 797. The van der Waals surface area contributed by atoms with Crippen LogP contribution in [0.4, 0.5) is 10.5 Å². The Kier molecular flexibility index (Phi) is 5.41. The van der Waals surface area contributed by atoms with Crippen molar-refractivity contribution in [3.63, 3.8) is 0 Å². The van der Waals surface area contributed by atoms with Gasteiger partial charge in [-0.15, -0.1) is 0 Å². The monoisotopic (exact) mass is 359 g/mol. The minimum atomic E-state index is -0.817. The molecule has 0 radical (unpaired) electrons. The van der Waals surface area contributed by atoms with E-state index in [-0.39, 0.29) is 24.7 Å². The lowest BCUT2D eigenvalue weighted by Gasteiger charge is -2.42. The lowest BCUT2D eigenvalue weighted by atomic mass is 9.85. The van der Waals surface area contributed by atoms with Gasteiger partial charge in [0.25, 0.3) is 0 Å². The van der Waals surface area contributed by atoms with Crippen LogP contribution in [0.25, 0.3) is 10.9 Å². The third-order valence-electron chi connectivity index (χ3n) is 4.91. The largest absolute Gasteiger partial charge is 0.480 e. The number of anilines is 1. The maximum atomic E-state index is 12.2. The van der Waals surface area contributed by atoms with Gasteiger partial charge in [-0.1, -0.05) is 6.92 Å². The predicted molar refractivity (Wildman–Crippen MR) is 99.3 cm³/mol. The molecule has 0 saturated heterocycles. The summed E-state index contributed by atoms with van der Waals surface area (Å²) in [6, 6.07) is 5.77. The Morgan fingerprint density at radius 2 is 2.12 bits per heavy atom. The maximum Gasteiger partial charge on any atom is 0.319 e. The molecular formula is C18H25N5O3. The van der Waals surface area contributed by atoms with Gasteiger partial charge >= 0.3 is 12.0 Å². The average Bonchev–Trinajstić information content (AvgIpc) is 2.98. The van der Waals surface area contributed by atoms with Crippen LogP contribution in [-0.4, -0.2) is 57.0 Å². The summed E-state index contributed by atoms with van der Waals surface area (Å²) in [7, 11) is 0. The molecule has 1 aliphatic carbocycles. The number of nitrogens with one attached hydrogen (secondary N) is 2. The second-order valence-electron chi connectivity index (χ2n) is 6.61. The second-order valence-corrected chi connectivity index (χ2v) is 6.61. The Labute approximate surface area is 152 Å². The van der Waals surface area contributed by atoms with Gasteiger partial charge in [0.2, 0.25) is 0 Å². The van der Waals surface area contributed by atoms with E-state index in [1.807, 2.05) is 47.8 Å². The van der Waals surface area contributed by atoms with Crippen LogP contribution < -0.4 is 10.6 Å². The van der Waals surface area contributed by atoms with Gasteiger partial charge in [-0.2, -0.15) is 5.10 Å². The molecule has 2 amide bonds. The van der Waals surface area contributed by atoms with Crippen LogP contribution in [0.2, 0.25) is 0 Å². The van der Waals surface area contributed by atoms with Crippen LogP contribution in [0.15, 0.2) is 24.4 Å². The van der Waals surface area contributed by atoms with Crippen molar-refractivity contribution in [2.75, 3.05) is 18.4 Å². The molecule has 1 aromatic heterocycles. The van der Waals surface area contributed by atoms with Gasteiger partial charge in [0.1, 0.15) is 0 Å². The molecule has 0 aliphatic heterocycles. The van der Waals surface area contributed by atoms with E-state index in [1.165, 1.54) is 0 Å². The van der Waals surface area contributed by atoms with Crippen molar-refractivity contribution >= 4 is 28.6 Å². The number of amides is 2. The van der Waals surface area contributed by atoms with Gasteiger partial charge in [0.15, 0.2) is 0 Å². The summed E-state index contributed by atoms with van der Waals surface area (Å²) in [4.78, 5) is 25.0. The van der Waals surface area contributed by atoms with Crippen molar-refractivity contribution in [2.24, 2.45) is 0 Å². The molecule has 1 heterocycles. The molecule has 0 bridgehead atoms. The van der Waals surface area contributed by atoms with E-state index >= 15 is 0 Å². The van der Waals surface area contributed by atoms with Crippen molar-refractivity contribution < 1.29 is 14.7 Å². The molecule has 8 nitrogen and oxygen atoms in total. The summed E-state index contributed by atoms with van der Waals surface area (Å²) in [5.41, 5.74) is 1.71. The number of fused-ring (bicyclic) bond motifs is 1. The van der Waals surface area contributed by atoms with E-state index in [0.29, 0.717) is 6.54 Å². The molecule has 1 saturated carbocycles. The van der Waals surface area contributed by atoms with E-state index in [2.05, 4.69) is 15.7 Å². The molecule has 2 aromatic rings. The first-order valence-corrected chi connectivity index (χ1v) is 8.99. The summed E-state index contributed by atoms with van der Waals surface area (Å²) in [5.74, 6) is -0.817. The number of nitrogens with zero attached hydrogens (tertiary/aromatic N) is 3. The number of carboxylic acids is 1. The third-order valence-corrected chi connectivity index (χ3v) is 4.91. The molecule has 1 aliphatic rings. The smallest absolute Gasteiger partial charge is 0.319 e.